The third-order valence-corrected chi connectivity index (χ3v) is 3.65. The molecule has 0 radical (unpaired) electrons. The maximum Gasteiger partial charge on any atom is 0.289 e. The van der Waals surface area contributed by atoms with Gasteiger partial charge in [0.2, 0.25) is 0 Å². The van der Waals surface area contributed by atoms with Crippen LogP contribution in [0.15, 0.2) is 36.4 Å². The van der Waals surface area contributed by atoms with Gasteiger partial charge in [-0.3, -0.25) is 29.8 Å². The minimum atomic E-state index is -0.907. The van der Waals surface area contributed by atoms with Crippen molar-refractivity contribution in [3.05, 3.63) is 73.3 Å². The molecule has 0 unspecified atom stereocenters. The van der Waals surface area contributed by atoms with E-state index in [0.717, 1.165) is 16.5 Å². The number of hydrogen-bond donors (Lipinski definition) is 0. The van der Waals surface area contributed by atoms with Crippen LogP contribution in [0.25, 0.3) is 0 Å². The minimum absolute atomic E-state index is 0.240. The molecule has 2 amide bonds. The zero-order chi connectivity index (χ0) is 17.6. The number of amides is 2. The Bertz CT molecular complexity index is 920. The molecule has 1 heterocycles. The summed E-state index contributed by atoms with van der Waals surface area (Å²) >= 11 is 0. The molecule has 120 valence electrons. The molecule has 0 aliphatic carbocycles. The van der Waals surface area contributed by atoms with E-state index in [-0.39, 0.29) is 11.3 Å². The van der Waals surface area contributed by atoms with Gasteiger partial charge in [-0.25, -0.2) is 4.90 Å². The van der Waals surface area contributed by atoms with E-state index in [1.54, 1.807) is 12.1 Å². The molecule has 1 aliphatic heterocycles. The van der Waals surface area contributed by atoms with Crippen LogP contribution in [0.1, 0.15) is 26.3 Å². The standard InChI is InChI=1S/C15H9N3O6/c1-8-2-4-9(5-3-8)16-14(19)11-6-10(17(21)22)7-12(18(23)24)13(11)15(16)20/h2-7H,1H3. The van der Waals surface area contributed by atoms with Gasteiger partial charge >= 0.3 is 0 Å². The number of aryl methyl sites for hydroxylation is 1. The third kappa shape index (κ3) is 2.19. The van der Waals surface area contributed by atoms with Gasteiger partial charge in [-0.2, -0.15) is 0 Å². The number of hydrogen-bond acceptors (Lipinski definition) is 6. The van der Waals surface area contributed by atoms with Crippen LogP contribution in [0.3, 0.4) is 0 Å². The second-order valence-electron chi connectivity index (χ2n) is 5.18. The molecule has 2 aromatic carbocycles. The SMILES string of the molecule is Cc1ccc(N2C(=O)c3cc([N+](=O)[O-])cc([N+](=O)[O-])c3C2=O)cc1. The van der Waals surface area contributed by atoms with Crippen LogP contribution in [-0.2, 0) is 0 Å². The van der Waals surface area contributed by atoms with Gasteiger partial charge in [0.1, 0.15) is 5.56 Å². The van der Waals surface area contributed by atoms with Crippen molar-refractivity contribution in [2.75, 3.05) is 4.90 Å². The topological polar surface area (TPSA) is 124 Å². The van der Waals surface area contributed by atoms with Gasteiger partial charge in [0.15, 0.2) is 0 Å². The number of anilines is 1. The zero-order valence-electron chi connectivity index (χ0n) is 12.3. The zero-order valence-corrected chi connectivity index (χ0v) is 12.3. The first-order valence-electron chi connectivity index (χ1n) is 6.73. The van der Waals surface area contributed by atoms with E-state index in [1.807, 2.05) is 6.92 Å². The first kappa shape index (κ1) is 15.3. The molecule has 9 nitrogen and oxygen atoms in total. The lowest BCUT2D eigenvalue weighted by molar-refractivity contribution is -0.394. The lowest BCUT2D eigenvalue weighted by Crippen LogP contribution is -2.29. The van der Waals surface area contributed by atoms with Crippen LogP contribution in [0.4, 0.5) is 17.1 Å². The maximum absolute atomic E-state index is 12.5. The molecule has 9 heteroatoms. The van der Waals surface area contributed by atoms with Gasteiger partial charge in [0.05, 0.1) is 27.2 Å². The van der Waals surface area contributed by atoms with E-state index in [4.69, 9.17) is 0 Å². The van der Waals surface area contributed by atoms with Gasteiger partial charge in [-0.1, -0.05) is 17.7 Å². The Kier molecular flexibility index (Phi) is 3.33. The van der Waals surface area contributed by atoms with Gasteiger partial charge in [-0.15, -0.1) is 0 Å². The van der Waals surface area contributed by atoms with Crippen molar-refractivity contribution < 1.29 is 19.4 Å². The van der Waals surface area contributed by atoms with Gasteiger partial charge in [-0.05, 0) is 19.1 Å². The van der Waals surface area contributed by atoms with Crippen molar-refractivity contribution in [3.8, 4) is 0 Å². The van der Waals surface area contributed by atoms with Gasteiger partial charge < -0.3 is 0 Å². The van der Waals surface area contributed by atoms with E-state index in [9.17, 15) is 29.8 Å². The number of carbonyl (C=O) groups excluding carboxylic acids is 2. The predicted molar refractivity (Wildman–Crippen MR) is 82.1 cm³/mol. The highest BCUT2D eigenvalue weighted by Crippen LogP contribution is 2.36. The molecule has 0 saturated heterocycles. The monoisotopic (exact) mass is 327 g/mol. The summed E-state index contributed by atoms with van der Waals surface area (Å²) in [5.74, 6) is -1.70. The summed E-state index contributed by atoms with van der Waals surface area (Å²) in [4.78, 5) is 46.2. The van der Waals surface area contributed by atoms with E-state index >= 15 is 0 Å². The first-order valence-corrected chi connectivity index (χ1v) is 6.73. The number of benzene rings is 2. The quantitative estimate of drug-likeness (QED) is 0.485. The third-order valence-electron chi connectivity index (χ3n) is 3.65. The average Bonchev–Trinajstić information content (AvgIpc) is 2.79. The van der Waals surface area contributed by atoms with Gasteiger partial charge in [0.25, 0.3) is 23.2 Å². The Morgan fingerprint density at radius 3 is 2.08 bits per heavy atom. The van der Waals surface area contributed by atoms with Crippen molar-refractivity contribution >= 4 is 28.9 Å². The fraction of sp³-hybridized carbons (Fsp3) is 0.0667. The molecule has 1 aliphatic rings. The van der Waals surface area contributed by atoms with E-state index in [2.05, 4.69) is 0 Å². The smallest absolute Gasteiger partial charge is 0.268 e. The van der Waals surface area contributed by atoms with E-state index in [1.165, 1.54) is 12.1 Å². The number of nitro groups is 2. The fourth-order valence-corrected chi connectivity index (χ4v) is 2.51. The fourth-order valence-electron chi connectivity index (χ4n) is 2.51. The largest absolute Gasteiger partial charge is 0.289 e. The molecule has 0 bridgehead atoms. The lowest BCUT2D eigenvalue weighted by Gasteiger charge is -2.13. The molecule has 0 spiro atoms. The Balaban J connectivity index is 2.21. The van der Waals surface area contributed by atoms with Crippen LogP contribution < -0.4 is 4.90 Å². The molecule has 24 heavy (non-hydrogen) atoms. The Hall–Kier alpha value is -3.62. The second kappa shape index (κ2) is 5.23. The summed E-state index contributed by atoms with van der Waals surface area (Å²) in [6.07, 6.45) is 0. The normalized spacial score (nSPS) is 13.1. The number of nitrogens with zero attached hydrogens (tertiary/aromatic N) is 3. The highest BCUT2D eigenvalue weighted by Gasteiger charge is 2.43. The summed E-state index contributed by atoms with van der Waals surface area (Å²) < 4.78 is 0. The molecule has 0 saturated carbocycles. The number of carbonyl (C=O) groups is 2. The molecule has 0 N–H and O–H groups in total. The number of nitro benzene ring substituents is 2. The van der Waals surface area contributed by atoms with Crippen molar-refractivity contribution in [1.82, 2.24) is 0 Å². The molecular formula is C15H9N3O6. The maximum atomic E-state index is 12.5. The summed E-state index contributed by atoms with van der Waals surface area (Å²) in [6.45, 7) is 1.82. The Labute approximate surface area is 134 Å². The van der Waals surface area contributed by atoms with Crippen molar-refractivity contribution in [1.29, 1.82) is 0 Å². The number of rotatable bonds is 3. The lowest BCUT2D eigenvalue weighted by atomic mass is 10.1. The van der Waals surface area contributed by atoms with Crippen molar-refractivity contribution in [3.63, 3.8) is 0 Å². The average molecular weight is 327 g/mol. The molecule has 0 atom stereocenters. The first-order chi connectivity index (χ1) is 11.3. The van der Waals surface area contributed by atoms with Crippen LogP contribution in [0, 0.1) is 27.2 Å². The van der Waals surface area contributed by atoms with E-state index in [0.29, 0.717) is 6.07 Å². The Morgan fingerprint density at radius 1 is 0.917 bits per heavy atom. The molecule has 0 aromatic heterocycles. The Morgan fingerprint density at radius 2 is 1.54 bits per heavy atom. The number of fused-ring (bicyclic) bond motifs is 1. The summed E-state index contributed by atoms with van der Waals surface area (Å²) in [6, 6.07) is 7.97. The molecule has 2 aromatic rings. The highest BCUT2D eigenvalue weighted by atomic mass is 16.6. The van der Waals surface area contributed by atoms with E-state index < -0.39 is 38.6 Å². The number of imide groups is 1. The summed E-state index contributed by atoms with van der Waals surface area (Å²) in [7, 11) is 0. The molecule has 3 rings (SSSR count). The molecular weight excluding hydrogens is 318 g/mol. The van der Waals surface area contributed by atoms with Crippen molar-refractivity contribution in [2.45, 2.75) is 6.92 Å². The predicted octanol–water partition coefficient (Wildman–Crippen LogP) is 2.61. The minimum Gasteiger partial charge on any atom is -0.268 e. The summed E-state index contributed by atoms with van der Waals surface area (Å²) in [5, 5.41) is 22.1. The van der Waals surface area contributed by atoms with Crippen LogP contribution in [-0.4, -0.2) is 21.7 Å². The van der Waals surface area contributed by atoms with Gasteiger partial charge in [0, 0.05) is 6.07 Å². The van der Waals surface area contributed by atoms with Crippen LogP contribution >= 0.6 is 0 Å². The number of non-ortho nitro benzene ring substituents is 1. The van der Waals surface area contributed by atoms with Crippen LogP contribution in [0.2, 0.25) is 0 Å². The highest BCUT2D eigenvalue weighted by molar-refractivity contribution is 6.35. The molecule has 0 fully saturated rings. The second-order valence-corrected chi connectivity index (χ2v) is 5.18. The van der Waals surface area contributed by atoms with Crippen LogP contribution in [0.5, 0.6) is 0 Å². The summed E-state index contributed by atoms with van der Waals surface area (Å²) in [5.41, 5.74) is -1.02. The van der Waals surface area contributed by atoms with Crippen molar-refractivity contribution in [2.24, 2.45) is 0 Å².